The van der Waals surface area contributed by atoms with Crippen LogP contribution >= 0.6 is 11.8 Å². The molecule has 0 aliphatic carbocycles. The van der Waals surface area contributed by atoms with Crippen molar-refractivity contribution in [3.63, 3.8) is 0 Å². The zero-order valence-electron chi connectivity index (χ0n) is 6.16. The van der Waals surface area contributed by atoms with Crippen LogP contribution in [0, 0.1) is 0 Å². The highest BCUT2D eigenvalue weighted by Crippen LogP contribution is 2.16. The number of nitrogen functional groups attached to an aromatic ring is 1. The normalized spacial score (nSPS) is 10.2. The van der Waals surface area contributed by atoms with Gasteiger partial charge in [-0.05, 0) is 5.75 Å². The Labute approximate surface area is 64.6 Å². The molecule has 0 aliphatic heterocycles. The van der Waals surface area contributed by atoms with Gasteiger partial charge in [-0.25, -0.2) is 4.98 Å². The molecular weight excluding hydrogens is 146 g/mol. The van der Waals surface area contributed by atoms with Gasteiger partial charge in [0.1, 0.15) is 5.82 Å². The van der Waals surface area contributed by atoms with E-state index in [4.69, 9.17) is 5.73 Å². The van der Waals surface area contributed by atoms with E-state index in [1.807, 2.05) is 11.6 Å². The number of aromatic nitrogens is 2. The molecule has 1 aromatic heterocycles. The predicted molar refractivity (Wildman–Crippen MR) is 44.0 cm³/mol. The molecule has 0 spiro atoms. The molecule has 1 aromatic rings. The summed E-state index contributed by atoms with van der Waals surface area (Å²) in [5.41, 5.74) is 5.56. The van der Waals surface area contributed by atoms with Gasteiger partial charge in [0.15, 0.2) is 5.16 Å². The van der Waals surface area contributed by atoms with Gasteiger partial charge in [-0.2, -0.15) is 0 Å². The van der Waals surface area contributed by atoms with E-state index in [-0.39, 0.29) is 0 Å². The quantitative estimate of drug-likeness (QED) is 0.654. The van der Waals surface area contributed by atoms with Gasteiger partial charge in [0.25, 0.3) is 0 Å². The molecular formula is C6H11N3S. The molecule has 1 heterocycles. The fourth-order valence-electron chi connectivity index (χ4n) is 0.668. The van der Waals surface area contributed by atoms with Crippen LogP contribution in [-0.2, 0) is 7.05 Å². The van der Waals surface area contributed by atoms with E-state index >= 15 is 0 Å². The monoisotopic (exact) mass is 157 g/mol. The maximum absolute atomic E-state index is 5.56. The third-order valence-corrected chi connectivity index (χ3v) is 2.18. The third-order valence-electron chi connectivity index (χ3n) is 1.25. The standard InChI is InChI=1S/C6H11N3S/c1-3-10-6-8-4-5(7)9(6)2/h4H,3,7H2,1-2H3. The lowest BCUT2D eigenvalue weighted by molar-refractivity contribution is 0.799. The van der Waals surface area contributed by atoms with Crippen LogP contribution in [0.1, 0.15) is 6.92 Å². The zero-order chi connectivity index (χ0) is 7.56. The molecule has 4 heteroatoms. The molecule has 56 valence electrons. The van der Waals surface area contributed by atoms with Gasteiger partial charge in [-0.1, -0.05) is 18.7 Å². The summed E-state index contributed by atoms with van der Waals surface area (Å²) in [7, 11) is 1.92. The highest BCUT2D eigenvalue weighted by molar-refractivity contribution is 7.99. The number of hydrogen-bond donors (Lipinski definition) is 1. The summed E-state index contributed by atoms with van der Waals surface area (Å²) in [5, 5.41) is 0.986. The minimum absolute atomic E-state index is 0.718. The summed E-state index contributed by atoms with van der Waals surface area (Å²) in [6, 6.07) is 0. The number of nitrogens with two attached hydrogens (primary N) is 1. The summed E-state index contributed by atoms with van der Waals surface area (Å²) < 4.78 is 1.88. The van der Waals surface area contributed by atoms with Crippen LogP contribution in [0.5, 0.6) is 0 Å². The number of thioether (sulfide) groups is 1. The molecule has 0 saturated carbocycles. The van der Waals surface area contributed by atoms with Crippen LogP contribution in [-0.4, -0.2) is 15.3 Å². The van der Waals surface area contributed by atoms with Gasteiger partial charge in [-0.15, -0.1) is 0 Å². The molecule has 0 unspecified atom stereocenters. The molecule has 3 nitrogen and oxygen atoms in total. The molecule has 1 rings (SSSR count). The van der Waals surface area contributed by atoms with Crippen LogP contribution < -0.4 is 5.73 Å². The van der Waals surface area contributed by atoms with Gasteiger partial charge < -0.3 is 10.3 Å². The van der Waals surface area contributed by atoms with Crippen molar-refractivity contribution in [2.45, 2.75) is 12.1 Å². The van der Waals surface area contributed by atoms with Crippen LogP contribution in [0.25, 0.3) is 0 Å². The molecule has 10 heavy (non-hydrogen) atoms. The van der Waals surface area contributed by atoms with E-state index < -0.39 is 0 Å². The molecule has 0 fully saturated rings. The number of hydrogen-bond acceptors (Lipinski definition) is 3. The lowest BCUT2D eigenvalue weighted by Crippen LogP contribution is -1.96. The second kappa shape index (κ2) is 2.96. The first kappa shape index (κ1) is 7.47. The van der Waals surface area contributed by atoms with Crippen molar-refractivity contribution in [3.05, 3.63) is 6.20 Å². The summed E-state index contributed by atoms with van der Waals surface area (Å²) in [6.45, 7) is 2.09. The van der Waals surface area contributed by atoms with Crippen LogP contribution in [0.3, 0.4) is 0 Å². The minimum atomic E-state index is 0.718. The van der Waals surface area contributed by atoms with Gasteiger partial charge in [0, 0.05) is 7.05 Å². The fourth-order valence-corrected chi connectivity index (χ4v) is 1.35. The second-order valence-corrected chi connectivity index (χ2v) is 3.19. The Hall–Kier alpha value is -0.640. The smallest absolute Gasteiger partial charge is 0.169 e. The Morgan fingerprint density at radius 2 is 2.50 bits per heavy atom. The lowest BCUT2D eigenvalue weighted by atomic mass is 10.8. The van der Waals surface area contributed by atoms with E-state index in [1.165, 1.54) is 0 Å². The van der Waals surface area contributed by atoms with Gasteiger partial charge in [0.2, 0.25) is 0 Å². The summed E-state index contributed by atoms with van der Waals surface area (Å²) in [4.78, 5) is 4.11. The number of anilines is 1. The molecule has 0 saturated heterocycles. The van der Waals surface area contributed by atoms with Gasteiger partial charge in [0.05, 0.1) is 6.20 Å². The van der Waals surface area contributed by atoms with Crippen molar-refractivity contribution in [1.82, 2.24) is 9.55 Å². The van der Waals surface area contributed by atoms with Crippen LogP contribution in [0.15, 0.2) is 11.4 Å². The lowest BCUT2D eigenvalue weighted by Gasteiger charge is -1.98. The highest BCUT2D eigenvalue weighted by Gasteiger charge is 2.00. The Bertz CT molecular complexity index is 219. The molecule has 0 amide bonds. The van der Waals surface area contributed by atoms with E-state index in [9.17, 15) is 0 Å². The van der Waals surface area contributed by atoms with Crippen LogP contribution in [0.2, 0.25) is 0 Å². The average Bonchev–Trinajstić information content (AvgIpc) is 2.20. The maximum Gasteiger partial charge on any atom is 0.169 e. The summed E-state index contributed by atoms with van der Waals surface area (Å²) in [6.07, 6.45) is 1.68. The van der Waals surface area contributed by atoms with Crippen LogP contribution in [0.4, 0.5) is 5.82 Å². The molecule has 0 radical (unpaired) electrons. The molecule has 0 aliphatic rings. The van der Waals surface area contributed by atoms with Crippen molar-refractivity contribution >= 4 is 17.6 Å². The fraction of sp³-hybridized carbons (Fsp3) is 0.500. The SMILES string of the molecule is CCSc1ncc(N)n1C. The topological polar surface area (TPSA) is 43.8 Å². The van der Waals surface area contributed by atoms with Crippen molar-refractivity contribution < 1.29 is 0 Å². The maximum atomic E-state index is 5.56. The highest BCUT2D eigenvalue weighted by atomic mass is 32.2. The Balaban J connectivity index is 2.83. The Kier molecular flexibility index (Phi) is 2.21. The molecule has 0 atom stereocenters. The molecule has 0 aromatic carbocycles. The molecule has 2 N–H and O–H groups in total. The third kappa shape index (κ3) is 1.26. The van der Waals surface area contributed by atoms with Gasteiger partial charge in [-0.3, -0.25) is 0 Å². The first-order valence-corrected chi connectivity index (χ1v) is 4.14. The zero-order valence-corrected chi connectivity index (χ0v) is 6.98. The first-order valence-electron chi connectivity index (χ1n) is 3.15. The van der Waals surface area contributed by atoms with Crippen molar-refractivity contribution in [2.24, 2.45) is 7.05 Å². The number of imidazole rings is 1. The van der Waals surface area contributed by atoms with E-state index in [1.54, 1.807) is 18.0 Å². The van der Waals surface area contributed by atoms with Gasteiger partial charge >= 0.3 is 0 Å². The van der Waals surface area contributed by atoms with Crippen molar-refractivity contribution in [2.75, 3.05) is 11.5 Å². The summed E-state index contributed by atoms with van der Waals surface area (Å²) >= 11 is 1.69. The Morgan fingerprint density at radius 1 is 1.80 bits per heavy atom. The number of nitrogens with zero attached hydrogens (tertiary/aromatic N) is 2. The largest absolute Gasteiger partial charge is 0.384 e. The predicted octanol–water partition coefficient (Wildman–Crippen LogP) is 1.11. The first-order chi connectivity index (χ1) is 4.75. The molecule has 0 bridgehead atoms. The Morgan fingerprint density at radius 3 is 2.90 bits per heavy atom. The van der Waals surface area contributed by atoms with Crippen molar-refractivity contribution in [3.8, 4) is 0 Å². The van der Waals surface area contributed by atoms with Crippen molar-refractivity contribution in [1.29, 1.82) is 0 Å². The number of rotatable bonds is 2. The second-order valence-electron chi connectivity index (χ2n) is 1.96. The summed E-state index contributed by atoms with van der Waals surface area (Å²) in [5.74, 6) is 1.75. The average molecular weight is 157 g/mol. The van der Waals surface area contributed by atoms with E-state index in [0.29, 0.717) is 0 Å². The van der Waals surface area contributed by atoms with E-state index in [2.05, 4.69) is 11.9 Å². The van der Waals surface area contributed by atoms with E-state index in [0.717, 1.165) is 16.7 Å². The minimum Gasteiger partial charge on any atom is -0.384 e.